The van der Waals surface area contributed by atoms with Crippen LogP contribution < -0.4 is 5.32 Å². The van der Waals surface area contributed by atoms with Crippen LogP contribution in [0.1, 0.15) is 13.3 Å². The number of nitrogens with one attached hydrogen (secondary N) is 1. The van der Waals surface area contributed by atoms with Crippen molar-refractivity contribution >= 4 is 6.21 Å². The lowest BCUT2D eigenvalue weighted by molar-refractivity contribution is 0.195. The second-order valence-electron chi connectivity index (χ2n) is 4.60. The molecule has 0 aromatic heterocycles. The normalized spacial score (nSPS) is 17.6. The molecule has 0 aromatic carbocycles. The zero-order chi connectivity index (χ0) is 16.2. The summed E-state index contributed by atoms with van der Waals surface area (Å²) >= 11 is 0. The summed E-state index contributed by atoms with van der Waals surface area (Å²) in [6.07, 6.45) is 18.8. The van der Waals surface area contributed by atoms with E-state index in [-0.39, 0.29) is 5.76 Å². The van der Waals surface area contributed by atoms with Crippen molar-refractivity contribution in [2.24, 2.45) is 4.99 Å². The van der Waals surface area contributed by atoms with E-state index >= 15 is 0 Å². The van der Waals surface area contributed by atoms with Crippen LogP contribution in [0, 0.1) is 0 Å². The molecule has 3 N–H and O–H groups in total. The van der Waals surface area contributed by atoms with Crippen LogP contribution in [0.3, 0.4) is 0 Å². The molecule has 0 heterocycles. The number of rotatable bonds is 7. The van der Waals surface area contributed by atoms with E-state index in [1.165, 1.54) is 12.3 Å². The number of hydrogen-bond donors (Lipinski definition) is 3. The quantitative estimate of drug-likeness (QED) is 0.292. The van der Waals surface area contributed by atoms with Gasteiger partial charge in [0.2, 0.25) is 0 Å². The minimum Gasteiger partial charge on any atom is -0.507 e. The van der Waals surface area contributed by atoms with Crippen molar-refractivity contribution < 1.29 is 10.2 Å². The molecule has 1 atom stereocenters. The van der Waals surface area contributed by atoms with Gasteiger partial charge < -0.3 is 15.5 Å². The van der Waals surface area contributed by atoms with Crippen LogP contribution in [0.4, 0.5) is 0 Å². The van der Waals surface area contributed by atoms with Gasteiger partial charge in [-0.15, -0.1) is 0 Å². The van der Waals surface area contributed by atoms with E-state index in [9.17, 15) is 10.2 Å². The number of aliphatic hydroxyl groups is 2. The SMILES string of the molecule is C=C/C(C)=C/C=C\N=C\C(O)=C\C(O)NC1=CCC=CC=C1. The lowest BCUT2D eigenvalue weighted by Gasteiger charge is -2.10. The van der Waals surface area contributed by atoms with Gasteiger partial charge in [0.05, 0.1) is 6.21 Å². The summed E-state index contributed by atoms with van der Waals surface area (Å²) < 4.78 is 0. The molecule has 1 rings (SSSR count). The number of nitrogens with zero attached hydrogens (tertiary/aromatic N) is 1. The third-order valence-electron chi connectivity index (χ3n) is 2.70. The predicted molar refractivity (Wildman–Crippen MR) is 92.4 cm³/mol. The molecule has 0 aromatic rings. The second kappa shape index (κ2) is 10.2. The maximum Gasteiger partial charge on any atom is 0.147 e. The Bertz CT molecular complexity index is 576. The third-order valence-corrected chi connectivity index (χ3v) is 2.70. The Morgan fingerprint density at radius 1 is 1.45 bits per heavy atom. The first-order chi connectivity index (χ1) is 10.6. The topological polar surface area (TPSA) is 64.9 Å². The summed E-state index contributed by atoms with van der Waals surface area (Å²) in [5.41, 5.74) is 1.81. The van der Waals surface area contributed by atoms with Crippen molar-refractivity contribution in [3.63, 3.8) is 0 Å². The minimum atomic E-state index is -0.993. The summed E-state index contributed by atoms with van der Waals surface area (Å²) in [6.45, 7) is 5.56. The van der Waals surface area contributed by atoms with Crippen LogP contribution in [-0.4, -0.2) is 22.7 Å². The van der Waals surface area contributed by atoms with E-state index in [0.29, 0.717) is 0 Å². The van der Waals surface area contributed by atoms with Gasteiger partial charge in [0.25, 0.3) is 0 Å². The Labute approximate surface area is 131 Å². The predicted octanol–water partition coefficient (Wildman–Crippen LogP) is 3.45. The highest BCUT2D eigenvalue weighted by Gasteiger charge is 2.02. The van der Waals surface area contributed by atoms with Crippen molar-refractivity contribution in [3.05, 3.63) is 84.5 Å². The molecule has 0 amide bonds. The van der Waals surface area contributed by atoms with Gasteiger partial charge in [0.15, 0.2) is 0 Å². The molecule has 0 radical (unpaired) electrons. The average Bonchev–Trinajstić information content (AvgIpc) is 2.75. The van der Waals surface area contributed by atoms with Gasteiger partial charge in [-0.2, -0.15) is 0 Å². The van der Waals surface area contributed by atoms with E-state index in [2.05, 4.69) is 16.9 Å². The van der Waals surface area contributed by atoms with Gasteiger partial charge in [0.1, 0.15) is 12.0 Å². The zero-order valence-corrected chi connectivity index (χ0v) is 12.7. The molecule has 22 heavy (non-hydrogen) atoms. The van der Waals surface area contributed by atoms with E-state index in [0.717, 1.165) is 17.7 Å². The van der Waals surface area contributed by atoms with Gasteiger partial charge in [-0.1, -0.05) is 48.6 Å². The highest BCUT2D eigenvalue weighted by Crippen LogP contribution is 2.03. The molecule has 1 aliphatic carbocycles. The summed E-state index contributed by atoms with van der Waals surface area (Å²) in [5.74, 6) is -0.120. The molecule has 4 nitrogen and oxygen atoms in total. The van der Waals surface area contributed by atoms with Gasteiger partial charge in [0, 0.05) is 18.0 Å². The first kappa shape index (κ1) is 17.5. The average molecular weight is 298 g/mol. The van der Waals surface area contributed by atoms with Crippen LogP contribution in [0.5, 0.6) is 0 Å². The standard InChI is InChI=1S/C18H22N2O2/c1-3-15(2)9-8-12-19-14-17(21)13-18(22)20-16-10-6-4-5-7-11-16/h3-6,8-14,18,20-22H,1,7H2,2H3/b12-8-,15-9+,17-13-,19-14+. The highest BCUT2D eigenvalue weighted by atomic mass is 16.3. The smallest absolute Gasteiger partial charge is 0.147 e. The lowest BCUT2D eigenvalue weighted by atomic mass is 10.3. The molecule has 0 aliphatic heterocycles. The van der Waals surface area contributed by atoms with Crippen LogP contribution in [0.25, 0.3) is 0 Å². The number of aliphatic imine (C=N–C) groups is 1. The second-order valence-corrected chi connectivity index (χ2v) is 4.60. The van der Waals surface area contributed by atoms with Crippen molar-refractivity contribution in [2.75, 3.05) is 0 Å². The maximum absolute atomic E-state index is 9.83. The fourth-order valence-corrected chi connectivity index (χ4v) is 1.54. The molecule has 0 saturated heterocycles. The Morgan fingerprint density at radius 3 is 3.05 bits per heavy atom. The molecule has 1 unspecified atom stereocenters. The van der Waals surface area contributed by atoms with Gasteiger partial charge in [-0.25, -0.2) is 0 Å². The van der Waals surface area contributed by atoms with Crippen LogP contribution in [-0.2, 0) is 0 Å². The number of aliphatic hydroxyl groups excluding tert-OH is 2. The molecule has 4 heteroatoms. The Hall–Kier alpha value is -2.59. The Kier molecular flexibility index (Phi) is 8.08. The zero-order valence-electron chi connectivity index (χ0n) is 12.7. The van der Waals surface area contributed by atoms with Crippen molar-refractivity contribution in [2.45, 2.75) is 19.6 Å². The summed E-state index contributed by atoms with van der Waals surface area (Å²) in [6, 6.07) is 0. The van der Waals surface area contributed by atoms with Crippen LogP contribution in [0.15, 0.2) is 89.5 Å². The fraction of sp³-hybridized carbons (Fsp3) is 0.167. The van der Waals surface area contributed by atoms with Crippen molar-refractivity contribution in [3.8, 4) is 0 Å². The Morgan fingerprint density at radius 2 is 2.27 bits per heavy atom. The lowest BCUT2D eigenvalue weighted by Crippen LogP contribution is -2.25. The van der Waals surface area contributed by atoms with E-state index in [4.69, 9.17) is 0 Å². The van der Waals surface area contributed by atoms with E-state index in [1.807, 2.05) is 43.4 Å². The fourth-order valence-electron chi connectivity index (χ4n) is 1.54. The van der Waals surface area contributed by atoms with Gasteiger partial charge >= 0.3 is 0 Å². The minimum absolute atomic E-state index is 0.120. The number of allylic oxidation sites excluding steroid dienone is 10. The molecule has 116 valence electrons. The third kappa shape index (κ3) is 7.87. The summed E-state index contributed by atoms with van der Waals surface area (Å²) in [5, 5.41) is 22.4. The van der Waals surface area contributed by atoms with Gasteiger partial charge in [-0.3, -0.25) is 4.99 Å². The van der Waals surface area contributed by atoms with Crippen LogP contribution >= 0.6 is 0 Å². The molecular formula is C18H22N2O2. The maximum atomic E-state index is 9.83. The van der Waals surface area contributed by atoms with E-state index in [1.54, 1.807) is 18.4 Å². The highest BCUT2D eigenvalue weighted by molar-refractivity contribution is 5.75. The van der Waals surface area contributed by atoms with Crippen molar-refractivity contribution in [1.29, 1.82) is 0 Å². The van der Waals surface area contributed by atoms with Gasteiger partial charge in [-0.05, 0) is 25.5 Å². The van der Waals surface area contributed by atoms with E-state index < -0.39 is 6.23 Å². The molecule has 0 fully saturated rings. The van der Waals surface area contributed by atoms with Crippen LogP contribution in [0.2, 0.25) is 0 Å². The first-order valence-corrected chi connectivity index (χ1v) is 6.99. The molecule has 0 bridgehead atoms. The molecular weight excluding hydrogens is 276 g/mol. The monoisotopic (exact) mass is 298 g/mol. The first-order valence-electron chi connectivity index (χ1n) is 6.99. The molecule has 0 saturated carbocycles. The summed E-state index contributed by atoms with van der Waals surface area (Å²) in [4.78, 5) is 3.91. The molecule has 1 aliphatic rings. The Balaban J connectivity index is 2.49. The summed E-state index contributed by atoms with van der Waals surface area (Å²) in [7, 11) is 0. The number of hydrogen-bond acceptors (Lipinski definition) is 4. The van der Waals surface area contributed by atoms with Crippen molar-refractivity contribution in [1.82, 2.24) is 5.32 Å². The largest absolute Gasteiger partial charge is 0.507 e. The molecule has 0 spiro atoms.